The molecule has 0 fully saturated rings. The SMILES string of the molecule is O=C(Nc1cncc2ccccc12)C1CCCc2ccccc21. The molecule has 1 N–H and O–H groups in total. The van der Waals surface area contributed by atoms with Gasteiger partial charge in [0.05, 0.1) is 17.8 Å². The molecule has 0 radical (unpaired) electrons. The van der Waals surface area contributed by atoms with Gasteiger partial charge in [0.15, 0.2) is 0 Å². The zero-order valence-corrected chi connectivity index (χ0v) is 12.8. The summed E-state index contributed by atoms with van der Waals surface area (Å²) in [4.78, 5) is 17.1. The lowest BCUT2D eigenvalue weighted by atomic mass is 9.82. The Labute approximate surface area is 135 Å². The molecule has 3 heteroatoms. The largest absolute Gasteiger partial charge is 0.324 e. The number of hydrogen-bond donors (Lipinski definition) is 1. The molecule has 0 saturated carbocycles. The number of carbonyl (C=O) groups excluding carboxylic acids is 1. The monoisotopic (exact) mass is 302 g/mol. The van der Waals surface area contributed by atoms with E-state index in [9.17, 15) is 4.79 Å². The molecule has 1 aliphatic rings. The summed E-state index contributed by atoms with van der Waals surface area (Å²) in [6, 6.07) is 16.3. The second-order valence-electron chi connectivity index (χ2n) is 6.04. The number of anilines is 1. The molecule has 1 atom stereocenters. The van der Waals surface area contributed by atoms with Crippen molar-refractivity contribution >= 4 is 22.4 Å². The van der Waals surface area contributed by atoms with Gasteiger partial charge in [0, 0.05) is 17.0 Å². The van der Waals surface area contributed by atoms with Crippen LogP contribution in [-0.2, 0) is 11.2 Å². The average molecular weight is 302 g/mol. The van der Waals surface area contributed by atoms with Crippen LogP contribution in [0.1, 0.15) is 29.9 Å². The van der Waals surface area contributed by atoms with E-state index in [0.29, 0.717) is 0 Å². The molecule has 0 bridgehead atoms. The Morgan fingerprint density at radius 3 is 2.83 bits per heavy atom. The number of amides is 1. The van der Waals surface area contributed by atoms with Crippen molar-refractivity contribution in [2.24, 2.45) is 0 Å². The molecule has 4 rings (SSSR count). The third kappa shape index (κ3) is 2.59. The molecule has 0 spiro atoms. The smallest absolute Gasteiger partial charge is 0.231 e. The molecule has 2 aromatic carbocycles. The maximum atomic E-state index is 12.8. The number of aryl methyl sites for hydroxylation is 1. The van der Waals surface area contributed by atoms with Crippen LogP contribution in [0, 0.1) is 0 Å². The van der Waals surface area contributed by atoms with E-state index in [0.717, 1.165) is 35.7 Å². The molecule has 1 unspecified atom stereocenters. The third-order valence-electron chi connectivity index (χ3n) is 4.61. The Balaban J connectivity index is 1.66. The highest BCUT2D eigenvalue weighted by Crippen LogP contribution is 2.33. The van der Waals surface area contributed by atoms with Crippen LogP contribution in [0.3, 0.4) is 0 Å². The first kappa shape index (κ1) is 13.9. The second-order valence-corrected chi connectivity index (χ2v) is 6.04. The normalized spacial score (nSPS) is 16.8. The molecule has 114 valence electrons. The van der Waals surface area contributed by atoms with Crippen LogP contribution in [0.2, 0.25) is 0 Å². The number of fused-ring (bicyclic) bond motifs is 2. The molecular weight excluding hydrogens is 284 g/mol. The molecule has 23 heavy (non-hydrogen) atoms. The van der Waals surface area contributed by atoms with Gasteiger partial charge in [0.2, 0.25) is 5.91 Å². The maximum Gasteiger partial charge on any atom is 0.231 e. The lowest BCUT2D eigenvalue weighted by Gasteiger charge is -2.24. The summed E-state index contributed by atoms with van der Waals surface area (Å²) in [5.74, 6) is -0.00535. The maximum absolute atomic E-state index is 12.8. The van der Waals surface area contributed by atoms with Gasteiger partial charge in [-0.15, -0.1) is 0 Å². The molecule has 3 nitrogen and oxygen atoms in total. The Kier molecular flexibility index (Phi) is 3.54. The quantitative estimate of drug-likeness (QED) is 0.767. The Bertz CT molecular complexity index is 867. The average Bonchev–Trinajstić information content (AvgIpc) is 2.61. The predicted octanol–water partition coefficient (Wildman–Crippen LogP) is 4.29. The van der Waals surface area contributed by atoms with E-state index in [1.807, 2.05) is 42.6 Å². The summed E-state index contributed by atoms with van der Waals surface area (Å²) in [6.45, 7) is 0. The highest BCUT2D eigenvalue weighted by Gasteiger charge is 2.26. The second kappa shape index (κ2) is 5.84. The first-order valence-corrected chi connectivity index (χ1v) is 8.04. The van der Waals surface area contributed by atoms with Crippen LogP contribution in [0.15, 0.2) is 60.9 Å². The van der Waals surface area contributed by atoms with Crippen LogP contribution < -0.4 is 5.32 Å². The summed E-state index contributed by atoms with van der Waals surface area (Å²) in [5, 5.41) is 5.16. The number of nitrogens with one attached hydrogen (secondary N) is 1. The van der Waals surface area contributed by atoms with Crippen molar-refractivity contribution in [1.82, 2.24) is 4.98 Å². The number of aromatic nitrogens is 1. The van der Waals surface area contributed by atoms with Gasteiger partial charge in [-0.25, -0.2) is 0 Å². The fourth-order valence-electron chi connectivity index (χ4n) is 3.46. The van der Waals surface area contributed by atoms with Gasteiger partial charge in [-0.2, -0.15) is 0 Å². The minimum absolute atomic E-state index is 0.0651. The molecule has 0 saturated heterocycles. The van der Waals surface area contributed by atoms with Crippen LogP contribution >= 0.6 is 0 Å². The van der Waals surface area contributed by atoms with E-state index in [-0.39, 0.29) is 11.8 Å². The van der Waals surface area contributed by atoms with Gasteiger partial charge in [-0.05, 0) is 30.4 Å². The van der Waals surface area contributed by atoms with Crippen molar-refractivity contribution in [3.63, 3.8) is 0 Å². The van der Waals surface area contributed by atoms with Crippen molar-refractivity contribution in [3.8, 4) is 0 Å². The van der Waals surface area contributed by atoms with E-state index in [4.69, 9.17) is 0 Å². The predicted molar refractivity (Wildman–Crippen MR) is 92.5 cm³/mol. The van der Waals surface area contributed by atoms with Crippen LogP contribution in [0.4, 0.5) is 5.69 Å². The van der Waals surface area contributed by atoms with Crippen molar-refractivity contribution in [2.75, 3.05) is 5.32 Å². The van der Waals surface area contributed by atoms with Crippen molar-refractivity contribution < 1.29 is 4.79 Å². The Morgan fingerprint density at radius 1 is 1.04 bits per heavy atom. The van der Waals surface area contributed by atoms with E-state index in [1.54, 1.807) is 6.20 Å². The van der Waals surface area contributed by atoms with Gasteiger partial charge < -0.3 is 5.32 Å². The van der Waals surface area contributed by atoms with Gasteiger partial charge in [-0.1, -0.05) is 48.5 Å². The molecule has 1 aliphatic carbocycles. The summed E-state index contributed by atoms with van der Waals surface area (Å²) in [7, 11) is 0. The summed E-state index contributed by atoms with van der Waals surface area (Å²) >= 11 is 0. The lowest BCUT2D eigenvalue weighted by molar-refractivity contribution is -0.117. The number of benzene rings is 2. The van der Waals surface area contributed by atoms with Crippen molar-refractivity contribution in [1.29, 1.82) is 0 Å². The number of carbonyl (C=O) groups is 1. The highest BCUT2D eigenvalue weighted by atomic mass is 16.1. The molecule has 0 aliphatic heterocycles. The van der Waals surface area contributed by atoms with Gasteiger partial charge in [0.1, 0.15) is 0 Å². The third-order valence-corrected chi connectivity index (χ3v) is 4.61. The standard InChI is InChI=1S/C20H18N2O/c23-20(18-11-5-8-14-6-1-3-9-16(14)18)22-19-13-21-12-15-7-2-4-10-17(15)19/h1-4,6-7,9-10,12-13,18H,5,8,11H2,(H,22,23). The number of hydrogen-bond acceptors (Lipinski definition) is 2. The Hall–Kier alpha value is -2.68. The van der Waals surface area contributed by atoms with E-state index >= 15 is 0 Å². The summed E-state index contributed by atoms with van der Waals surface area (Å²) in [6.07, 6.45) is 6.58. The van der Waals surface area contributed by atoms with Crippen molar-refractivity contribution in [2.45, 2.75) is 25.2 Å². The minimum atomic E-state index is -0.0704. The minimum Gasteiger partial charge on any atom is -0.324 e. The molecule has 1 amide bonds. The molecule has 1 aromatic heterocycles. The Morgan fingerprint density at radius 2 is 1.87 bits per heavy atom. The molecule has 3 aromatic rings. The zero-order valence-electron chi connectivity index (χ0n) is 12.8. The van der Waals surface area contributed by atoms with E-state index in [1.165, 1.54) is 11.1 Å². The summed E-state index contributed by atoms with van der Waals surface area (Å²) < 4.78 is 0. The molecular formula is C20H18N2O. The van der Waals surface area contributed by atoms with Gasteiger partial charge in [0.25, 0.3) is 0 Å². The van der Waals surface area contributed by atoms with Crippen LogP contribution in [0.5, 0.6) is 0 Å². The molecule has 1 heterocycles. The van der Waals surface area contributed by atoms with E-state index in [2.05, 4.69) is 22.4 Å². The van der Waals surface area contributed by atoms with E-state index < -0.39 is 0 Å². The first-order valence-electron chi connectivity index (χ1n) is 8.04. The first-order chi connectivity index (χ1) is 11.3. The van der Waals surface area contributed by atoms with Gasteiger partial charge >= 0.3 is 0 Å². The number of rotatable bonds is 2. The summed E-state index contributed by atoms with van der Waals surface area (Å²) in [5.41, 5.74) is 3.26. The van der Waals surface area contributed by atoms with Crippen LogP contribution in [-0.4, -0.2) is 10.9 Å². The van der Waals surface area contributed by atoms with Gasteiger partial charge in [-0.3, -0.25) is 9.78 Å². The highest BCUT2D eigenvalue weighted by molar-refractivity contribution is 6.03. The fraction of sp³-hybridized carbons (Fsp3) is 0.200. The van der Waals surface area contributed by atoms with Crippen LogP contribution in [0.25, 0.3) is 10.8 Å². The fourth-order valence-corrected chi connectivity index (χ4v) is 3.46. The lowest BCUT2D eigenvalue weighted by Crippen LogP contribution is -2.24. The van der Waals surface area contributed by atoms with Crippen molar-refractivity contribution in [3.05, 3.63) is 72.1 Å². The topological polar surface area (TPSA) is 42.0 Å². The number of nitrogens with zero attached hydrogens (tertiary/aromatic N) is 1. The zero-order chi connectivity index (χ0) is 15.6. The number of pyridine rings is 1.